The molecule has 0 aliphatic heterocycles. The SMILES string of the molecule is CC(=O)[C@]1(O[Si](C)(C)C)C(CC=C(C)C)=C(O[Si](C)(C)C)C(C(=O)CC(C)C)=C1O[Si](C)(C)C. The Kier molecular flexibility index (Phi) is 9.79. The third kappa shape index (κ3) is 8.17. The van der Waals surface area contributed by atoms with Gasteiger partial charge in [-0.25, -0.2) is 0 Å². The normalized spacial score (nSPS) is 19.6. The zero-order valence-electron chi connectivity index (χ0n) is 24.1. The summed E-state index contributed by atoms with van der Waals surface area (Å²) in [5, 5.41) is 0. The Morgan fingerprint density at radius 1 is 0.853 bits per heavy atom. The van der Waals surface area contributed by atoms with Crippen molar-refractivity contribution in [1.29, 1.82) is 0 Å². The van der Waals surface area contributed by atoms with Gasteiger partial charge in [0.25, 0.3) is 0 Å². The van der Waals surface area contributed by atoms with Crippen molar-refractivity contribution >= 4 is 36.5 Å². The summed E-state index contributed by atoms with van der Waals surface area (Å²) in [6, 6.07) is 0. The molecule has 0 amide bonds. The third-order valence-corrected chi connectivity index (χ3v) is 7.38. The van der Waals surface area contributed by atoms with E-state index in [9.17, 15) is 9.59 Å². The molecule has 0 radical (unpaired) electrons. The second-order valence-electron chi connectivity index (χ2n) is 12.9. The molecule has 1 aliphatic carbocycles. The summed E-state index contributed by atoms with van der Waals surface area (Å²) >= 11 is 0. The van der Waals surface area contributed by atoms with E-state index in [4.69, 9.17) is 13.3 Å². The Bertz CT molecular complexity index is 889. The van der Waals surface area contributed by atoms with Gasteiger partial charge in [0, 0.05) is 12.0 Å². The minimum absolute atomic E-state index is 0.0477. The van der Waals surface area contributed by atoms with E-state index in [0.717, 1.165) is 5.57 Å². The average Bonchev–Trinajstić information content (AvgIpc) is 2.77. The van der Waals surface area contributed by atoms with Crippen molar-refractivity contribution in [3.8, 4) is 0 Å². The van der Waals surface area contributed by atoms with Crippen LogP contribution in [0.3, 0.4) is 0 Å². The highest BCUT2D eigenvalue weighted by Gasteiger charge is 2.57. The summed E-state index contributed by atoms with van der Waals surface area (Å²) in [6.45, 7) is 28.3. The quantitative estimate of drug-likeness (QED) is 0.197. The molecule has 194 valence electrons. The lowest BCUT2D eigenvalue weighted by atomic mass is 9.88. The minimum atomic E-state index is -2.29. The maximum Gasteiger partial charge on any atom is 0.242 e. The molecule has 0 aromatic carbocycles. The van der Waals surface area contributed by atoms with Gasteiger partial charge in [-0.05, 0) is 92.0 Å². The first-order chi connectivity index (χ1) is 15.1. The predicted octanol–water partition coefficient (Wildman–Crippen LogP) is 7.36. The topological polar surface area (TPSA) is 61.8 Å². The van der Waals surface area contributed by atoms with Gasteiger partial charge < -0.3 is 13.3 Å². The first kappa shape index (κ1) is 30.8. The first-order valence-corrected chi connectivity index (χ1v) is 22.6. The van der Waals surface area contributed by atoms with E-state index in [1.54, 1.807) is 6.92 Å². The standard InChI is InChI=1S/C26H48O5Si3/c1-18(2)15-16-21-24(29-32(6,7)8)23(22(28)17-19(3)4)25(30-33(9,10)11)26(21,20(5)27)31-34(12,13)14/h15,19H,16-17H2,1-14H3/t26-/m0/s1. The molecule has 1 atom stereocenters. The summed E-state index contributed by atoms with van der Waals surface area (Å²) in [6.07, 6.45) is 2.89. The van der Waals surface area contributed by atoms with E-state index in [1.807, 2.05) is 27.7 Å². The van der Waals surface area contributed by atoms with Crippen molar-refractivity contribution in [1.82, 2.24) is 0 Å². The lowest BCUT2D eigenvalue weighted by Gasteiger charge is -2.40. The van der Waals surface area contributed by atoms with Crippen molar-refractivity contribution in [2.75, 3.05) is 0 Å². The van der Waals surface area contributed by atoms with E-state index >= 15 is 0 Å². The van der Waals surface area contributed by atoms with Gasteiger partial charge >= 0.3 is 0 Å². The monoisotopic (exact) mass is 524 g/mol. The fourth-order valence-electron chi connectivity index (χ4n) is 3.86. The largest absolute Gasteiger partial charge is 0.544 e. The molecule has 0 bridgehead atoms. The summed E-state index contributed by atoms with van der Waals surface area (Å²) in [4.78, 5) is 27.5. The molecule has 0 N–H and O–H groups in total. The average molecular weight is 525 g/mol. The Balaban J connectivity index is 4.24. The van der Waals surface area contributed by atoms with Crippen LogP contribution in [0.15, 0.2) is 34.3 Å². The van der Waals surface area contributed by atoms with Crippen LogP contribution >= 0.6 is 0 Å². The van der Waals surface area contributed by atoms with Crippen LogP contribution in [0, 0.1) is 5.92 Å². The van der Waals surface area contributed by atoms with Gasteiger partial charge in [0.15, 0.2) is 25.5 Å². The summed E-state index contributed by atoms with van der Waals surface area (Å²) in [7, 11) is -6.68. The van der Waals surface area contributed by atoms with Crippen LogP contribution in [0.5, 0.6) is 0 Å². The van der Waals surface area contributed by atoms with Gasteiger partial charge in [-0.3, -0.25) is 9.59 Å². The van der Waals surface area contributed by atoms with Crippen molar-refractivity contribution in [3.63, 3.8) is 0 Å². The van der Waals surface area contributed by atoms with Gasteiger partial charge in [0.05, 0.1) is 5.57 Å². The first-order valence-electron chi connectivity index (χ1n) is 12.3. The number of Topliss-reactive ketones (excluding diaryl/α,β-unsaturated/α-hetero) is 2. The zero-order valence-corrected chi connectivity index (χ0v) is 27.1. The molecular weight excluding hydrogens is 477 g/mol. The number of allylic oxidation sites excluding steroid dienone is 3. The number of hydrogen-bond donors (Lipinski definition) is 0. The number of ketones is 2. The third-order valence-electron chi connectivity index (χ3n) is 4.83. The van der Waals surface area contributed by atoms with E-state index in [-0.39, 0.29) is 17.5 Å². The Morgan fingerprint density at radius 2 is 1.35 bits per heavy atom. The van der Waals surface area contributed by atoms with Gasteiger partial charge in [-0.1, -0.05) is 25.5 Å². The maximum absolute atomic E-state index is 13.8. The highest BCUT2D eigenvalue weighted by atomic mass is 28.4. The molecule has 0 fully saturated rings. The van der Waals surface area contributed by atoms with Crippen LogP contribution < -0.4 is 0 Å². The second-order valence-corrected chi connectivity index (χ2v) is 26.2. The van der Waals surface area contributed by atoms with Crippen LogP contribution in [0.4, 0.5) is 0 Å². The molecule has 0 saturated heterocycles. The fourth-order valence-corrected chi connectivity index (χ4v) is 6.83. The van der Waals surface area contributed by atoms with E-state index in [0.29, 0.717) is 35.5 Å². The van der Waals surface area contributed by atoms with E-state index < -0.39 is 30.6 Å². The highest BCUT2D eigenvalue weighted by molar-refractivity contribution is 6.71. The van der Waals surface area contributed by atoms with E-state index in [2.05, 4.69) is 65.0 Å². The van der Waals surface area contributed by atoms with Crippen LogP contribution in [-0.4, -0.2) is 42.1 Å². The molecule has 0 heterocycles. The van der Waals surface area contributed by atoms with Gasteiger partial charge in [0.2, 0.25) is 16.6 Å². The lowest BCUT2D eigenvalue weighted by Crippen LogP contribution is -2.52. The maximum atomic E-state index is 13.8. The highest BCUT2D eigenvalue weighted by Crippen LogP contribution is 2.50. The predicted molar refractivity (Wildman–Crippen MR) is 149 cm³/mol. The zero-order chi connectivity index (χ0) is 26.9. The molecule has 1 aliphatic rings. The van der Waals surface area contributed by atoms with Crippen LogP contribution in [0.25, 0.3) is 0 Å². The molecule has 1 rings (SSSR count). The molecule has 0 spiro atoms. The van der Waals surface area contributed by atoms with Crippen LogP contribution in [0.2, 0.25) is 58.9 Å². The van der Waals surface area contributed by atoms with Crippen molar-refractivity contribution in [2.45, 2.75) is 112 Å². The number of rotatable bonds is 12. The van der Waals surface area contributed by atoms with Crippen LogP contribution in [-0.2, 0) is 22.9 Å². The van der Waals surface area contributed by atoms with Gasteiger partial charge in [-0.2, -0.15) is 0 Å². The number of carbonyl (C=O) groups is 2. The van der Waals surface area contributed by atoms with Crippen molar-refractivity contribution < 1.29 is 22.9 Å². The van der Waals surface area contributed by atoms with Gasteiger partial charge in [0.1, 0.15) is 11.5 Å². The van der Waals surface area contributed by atoms with Gasteiger partial charge in [-0.15, -0.1) is 0 Å². The van der Waals surface area contributed by atoms with Crippen LogP contribution in [0.1, 0.15) is 47.5 Å². The fraction of sp³-hybridized carbons (Fsp3) is 0.692. The molecule has 0 aromatic rings. The summed E-state index contributed by atoms with van der Waals surface area (Å²) in [5.41, 5.74) is 0.823. The summed E-state index contributed by atoms with van der Waals surface area (Å²) < 4.78 is 20.1. The smallest absolute Gasteiger partial charge is 0.242 e. The van der Waals surface area contributed by atoms with E-state index in [1.165, 1.54) is 0 Å². The number of hydrogen-bond acceptors (Lipinski definition) is 5. The minimum Gasteiger partial charge on any atom is -0.544 e. The lowest BCUT2D eigenvalue weighted by molar-refractivity contribution is -0.129. The molecule has 0 unspecified atom stereocenters. The second kappa shape index (κ2) is 10.8. The summed E-state index contributed by atoms with van der Waals surface area (Å²) in [5.74, 6) is 0.840. The van der Waals surface area contributed by atoms with Crippen molar-refractivity contribution in [2.24, 2.45) is 5.92 Å². The molecule has 0 aromatic heterocycles. The Labute approximate surface area is 211 Å². The molecule has 0 saturated carbocycles. The molecular formula is C26H48O5Si3. The number of carbonyl (C=O) groups excluding carboxylic acids is 2. The molecule has 5 nitrogen and oxygen atoms in total. The van der Waals surface area contributed by atoms with Crippen molar-refractivity contribution in [3.05, 3.63) is 34.3 Å². The Morgan fingerprint density at radius 3 is 1.71 bits per heavy atom. The Hall–Kier alpha value is -1.23. The molecule has 8 heteroatoms. The molecule has 34 heavy (non-hydrogen) atoms.